The molecule has 2 heterocycles. The van der Waals surface area contributed by atoms with Crippen LogP contribution in [0.1, 0.15) is 5.56 Å². The summed E-state index contributed by atoms with van der Waals surface area (Å²) in [5, 5.41) is 10.8. The van der Waals surface area contributed by atoms with E-state index in [-0.39, 0.29) is 6.03 Å². The number of ether oxygens (including phenoxy) is 1. The Balaban J connectivity index is 1.11. The fraction of sp³-hybridized carbons (Fsp3) is 0.185. The van der Waals surface area contributed by atoms with Crippen molar-refractivity contribution in [3.63, 3.8) is 0 Å². The van der Waals surface area contributed by atoms with Gasteiger partial charge in [-0.3, -0.25) is 15.3 Å². The molecule has 178 valence electrons. The smallest absolute Gasteiger partial charge is 0.323 e. The van der Waals surface area contributed by atoms with Gasteiger partial charge in [0.15, 0.2) is 5.82 Å². The number of nitrogens with one attached hydrogen (secondary N) is 2. The number of amides is 2. The lowest BCUT2D eigenvalue weighted by atomic mass is 10.1. The molecule has 1 aromatic heterocycles. The molecule has 35 heavy (non-hydrogen) atoms. The number of piperazine rings is 1. The number of hydrogen-bond donors (Lipinski definition) is 2. The van der Waals surface area contributed by atoms with E-state index in [0.29, 0.717) is 23.9 Å². The minimum Gasteiger partial charge on any atom is -0.457 e. The predicted molar refractivity (Wildman–Crippen MR) is 138 cm³/mol. The highest BCUT2D eigenvalue weighted by Gasteiger charge is 2.22. The third-order valence-corrected chi connectivity index (χ3v) is 6.16. The standard InChI is InChI=1S/C27H26ClN5O2/c28-22-9-11-23(12-10-22)35-24-8-4-5-20(17-24)19-32-13-15-33(16-14-32)27(34)29-26-18-25(30-31-26)21-6-2-1-3-7-21/h1-12,17-18H,13-16,19H2,(H2,29,30,31,34). The zero-order valence-electron chi connectivity index (χ0n) is 19.2. The molecule has 2 N–H and O–H groups in total. The molecule has 4 aromatic rings. The van der Waals surface area contributed by atoms with Crippen LogP contribution < -0.4 is 10.1 Å². The minimum atomic E-state index is -0.130. The monoisotopic (exact) mass is 487 g/mol. The number of H-pyrrole nitrogens is 1. The molecule has 1 aliphatic rings. The highest BCUT2D eigenvalue weighted by atomic mass is 35.5. The lowest BCUT2D eigenvalue weighted by Crippen LogP contribution is -2.49. The number of carbonyl (C=O) groups excluding carboxylic acids is 1. The molecule has 0 spiro atoms. The highest BCUT2D eigenvalue weighted by molar-refractivity contribution is 6.30. The topological polar surface area (TPSA) is 73.5 Å². The van der Waals surface area contributed by atoms with Gasteiger partial charge in [-0.25, -0.2) is 4.79 Å². The number of hydrogen-bond acceptors (Lipinski definition) is 4. The molecule has 8 heteroatoms. The van der Waals surface area contributed by atoms with Gasteiger partial charge in [0.2, 0.25) is 0 Å². The Kier molecular flexibility index (Phi) is 6.97. The number of nitrogens with zero attached hydrogens (tertiary/aromatic N) is 3. The summed E-state index contributed by atoms with van der Waals surface area (Å²) in [7, 11) is 0. The maximum absolute atomic E-state index is 12.7. The maximum Gasteiger partial charge on any atom is 0.323 e. The van der Waals surface area contributed by atoms with Gasteiger partial charge >= 0.3 is 6.03 Å². The van der Waals surface area contributed by atoms with Crippen LogP contribution in [-0.2, 0) is 6.54 Å². The molecule has 7 nitrogen and oxygen atoms in total. The summed E-state index contributed by atoms with van der Waals surface area (Å²) in [6.07, 6.45) is 0. The van der Waals surface area contributed by atoms with Crippen molar-refractivity contribution in [3.8, 4) is 22.8 Å². The molecule has 0 atom stereocenters. The second-order valence-corrected chi connectivity index (χ2v) is 8.87. The van der Waals surface area contributed by atoms with Crippen LogP contribution in [0.3, 0.4) is 0 Å². The summed E-state index contributed by atoms with van der Waals surface area (Å²) in [6, 6.07) is 27.0. The van der Waals surface area contributed by atoms with Crippen molar-refractivity contribution in [2.45, 2.75) is 6.54 Å². The molecule has 0 saturated carbocycles. The van der Waals surface area contributed by atoms with Gasteiger partial charge in [0.1, 0.15) is 11.5 Å². The van der Waals surface area contributed by atoms with Crippen LogP contribution in [0.5, 0.6) is 11.5 Å². The zero-order valence-corrected chi connectivity index (χ0v) is 19.9. The first-order chi connectivity index (χ1) is 17.1. The average molecular weight is 488 g/mol. The van der Waals surface area contributed by atoms with Crippen molar-refractivity contribution in [2.24, 2.45) is 0 Å². The third-order valence-electron chi connectivity index (χ3n) is 5.91. The van der Waals surface area contributed by atoms with Crippen molar-refractivity contribution in [1.29, 1.82) is 0 Å². The lowest BCUT2D eigenvalue weighted by molar-refractivity contribution is 0.143. The van der Waals surface area contributed by atoms with Crippen LogP contribution >= 0.6 is 11.6 Å². The van der Waals surface area contributed by atoms with Gasteiger partial charge < -0.3 is 9.64 Å². The maximum atomic E-state index is 12.7. The molecule has 2 amide bonds. The molecule has 3 aromatic carbocycles. The summed E-state index contributed by atoms with van der Waals surface area (Å²) in [5.74, 6) is 2.06. The van der Waals surface area contributed by atoms with Crippen LogP contribution in [0.25, 0.3) is 11.3 Å². The quantitative estimate of drug-likeness (QED) is 0.356. The van der Waals surface area contributed by atoms with E-state index in [4.69, 9.17) is 16.3 Å². The Hall–Kier alpha value is -3.81. The zero-order chi connectivity index (χ0) is 24.0. The highest BCUT2D eigenvalue weighted by Crippen LogP contribution is 2.24. The van der Waals surface area contributed by atoms with Crippen molar-refractivity contribution in [1.82, 2.24) is 20.0 Å². The van der Waals surface area contributed by atoms with Gasteiger partial charge in [-0.05, 0) is 47.5 Å². The number of anilines is 1. The number of aromatic amines is 1. The molecule has 0 bridgehead atoms. The molecule has 1 fully saturated rings. The van der Waals surface area contributed by atoms with Gasteiger partial charge in [0.05, 0.1) is 5.69 Å². The van der Waals surface area contributed by atoms with Crippen LogP contribution in [0.15, 0.2) is 84.9 Å². The molecular formula is C27H26ClN5O2. The summed E-state index contributed by atoms with van der Waals surface area (Å²) in [6.45, 7) is 3.70. The van der Waals surface area contributed by atoms with Gasteiger partial charge in [0.25, 0.3) is 0 Å². The number of halogens is 1. The largest absolute Gasteiger partial charge is 0.457 e. The Bertz CT molecular complexity index is 1270. The molecule has 0 unspecified atom stereocenters. The first kappa shape index (κ1) is 23.0. The Morgan fingerprint density at radius 2 is 1.69 bits per heavy atom. The summed E-state index contributed by atoms with van der Waals surface area (Å²) in [5.41, 5.74) is 3.06. The number of carbonyl (C=O) groups is 1. The van der Waals surface area contributed by atoms with E-state index in [1.807, 2.05) is 77.7 Å². The van der Waals surface area contributed by atoms with E-state index in [0.717, 1.165) is 42.4 Å². The fourth-order valence-corrected chi connectivity index (χ4v) is 4.18. The van der Waals surface area contributed by atoms with E-state index < -0.39 is 0 Å². The van der Waals surface area contributed by atoms with Crippen LogP contribution in [-0.4, -0.2) is 52.2 Å². The summed E-state index contributed by atoms with van der Waals surface area (Å²) < 4.78 is 5.95. The number of urea groups is 1. The van der Waals surface area contributed by atoms with Crippen molar-refractivity contribution < 1.29 is 9.53 Å². The molecule has 1 saturated heterocycles. The molecule has 5 rings (SSSR count). The molecule has 1 aliphatic heterocycles. The molecule has 0 radical (unpaired) electrons. The predicted octanol–water partition coefficient (Wildman–Crippen LogP) is 5.87. The van der Waals surface area contributed by atoms with Gasteiger partial charge in [-0.2, -0.15) is 5.10 Å². The minimum absolute atomic E-state index is 0.130. The van der Waals surface area contributed by atoms with Crippen LogP contribution in [0.4, 0.5) is 10.6 Å². The number of benzene rings is 3. The lowest BCUT2D eigenvalue weighted by Gasteiger charge is -2.34. The van der Waals surface area contributed by atoms with E-state index in [1.165, 1.54) is 5.56 Å². The normalized spacial score (nSPS) is 14.0. The van der Waals surface area contributed by atoms with Gasteiger partial charge in [-0.1, -0.05) is 54.1 Å². The first-order valence-electron chi connectivity index (χ1n) is 11.5. The molecular weight excluding hydrogens is 462 g/mol. The van der Waals surface area contributed by atoms with E-state index in [2.05, 4.69) is 32.5 Å². The Labute approximate surface area is 209 Å². The van der Waals surface area contributed by atoms with Crippen LogP contribution in [0.2, 0.25) is 5.02 Å². The fourth-order valence-electron chi connectivity index (χ4n) is 4.05. The SMILES string of the molecule is O=C(Nc1cc(-c2ccccc2)[nH]n1)N1CCN(Cc2cccc(Oc3ccc(Cl)cc3)c2)CC1. The first-order valence-corrected chi connectivity index (χ1v) is 11.9. The van der Waals surface area contributed by atoms with Crippen LogP contribution in [0, 0.1) is 0 Å². The summed E-state index contributed by atoms with van der Waals surface area (Å²) >= 11 is 5.95. The average Bonchev–Trinajstić information content (AvgIpc) is 3.35. The second-order valence-electron chi connectivity index (χ2n) is 8.43. The Morgan fingerprint density at radius 1 is 0.914 bits per heavy atom. The molecule has 0 aliphatic carbocycles. The number of rotatable bonds is 6. The van der Waals surface area contributed by atoms with E-state index in [1.54, 1.807) is 0 Å². The second kappa shape index (κ2) is 10.6. The van der Waals surface area contributed by atoms with E-state index >= 15 is 0 Å². The van der Waals surface area contributed by atoms with Gasteiger partial charge in [-0.15, -0.1) is 0 Å². The van der Waals surface area contributed by atoms with Crippen molar-refractivity contribution in [2.75, 3.05) is 31.5 Å². The van der Waals surface area contributed by atoms with Gasteiger partial charge in [0, 0.05) is 43.8 Å². The van der Waals surface area contributed by atoms with E-state index in [9.17, 15) is 4.79 Å². The Morgan fingerprint density at radius 3 is 2.46 bits per heavy atom. The van der Waals surface area contributed by atoms with Crippen molar-refractivity contribution in [3.05, 3.63) is 95.5 Å². The third kappa shape index (κ3) is 6.01. The van der Waals surface area contributed by atoms with Crippen molar-refractivity contribution >= 4 is 23.4 Å². The summed E-state index contributed by atoms with van der Waals surface area (Å²) in [4.78, 5) is 16.9. The number of aromatic nitrogens is 2.